The minimum atomic E-state index is -0.207. The van der Waals surface area contributed by atoms with Crippen molar-refractivity contribution >= 4 is 0 Å². The zero-order valence-corrected chi connectivity index (χ0v) is 8.31. The van der Waals surface area contributed by atoms with Gasteiger partial charge in [0.25, 0.3) is 0 Å². The molecule has 1 unspecified atom stereocenters. The van der Waals surface area contributed by atoms with Crippen molar-refractivity contribution in [1.82, 2.24) is 4.57 Å². The lowest BCUT2D eigenvalue weighted by molar-refractivity contribution is 0.538. The second kappa shape index (κ2) is 4.28. The maximum Gasteiger partial charge on any atom is 0.128 e. The topological polar surface area (TPSA) is 30.9 Å². The van der Waals surface area contributed by atoms with Gasteiger partial charge >= 0.3 is 0 Å². The third-order valence-corrected chi connectivity index (χ3v) is 2.47. The zero-order chi connectivity index (χ0) is 10.7. The minimum absolute atomic E-state index is 0.124. The van der Waals surface area contributed by atoms with Crippen molar-refractivity contribution < 1.29 is 4.39 Å². The Morgan fingerprint density at radius 2 is 1.80 bits per heavy atom. The van der Waals surface area contributed by atoms with Crippen molar-refractivity contribution in [2.45, 2.75) is 6.04 Å². The highest BCUT2D eigenvalue weighted by Crippen LogP contribution is 2.20. The van der Waals surface area contributed by atoms with Crippen molar-refractivity contribution in [3.05, 3.63) is 60.2 Å². The van der Waals surface area contributed by atoms with Crippen LogP contribution in [-0.4, -0.2) is 11.1 Å². The molecule has 0 fully saturated rings. The van der Waals surface area contributed by atoms with Crippen LogP contribution >= 0.6 is 0 Å². The van der Waals surface area contributed by atoms with Gasteiger partial charge < -0.3 is 10.3 Å². The highest BCUT2D eigenvalue weighted by molar-refractivity contribution is 5.22. The average Bonchev–Trinajstić information content (AvgIpc) is 2.75. The molecule has 0 spiro atoms. The summed E-state index contributed by atoms with van der Waals surface area (Å²) in [5.74, 6) is -0.207. The molecule has 3 heteroatoms. The summed E-state index contributed by atoms with van der Waals surface area (Å²) in [5.41, 5.74) is 6.31. The molecule has 0 aliphatic heterocycles. The third kappa shape index (κ3) is 1.92. The van der Waals surface area contributed by atoms with Crippen LogP contribution in [0.5, 0.6) is 0 Å². The lowest BCUT2D eigenvalue weighted by atomic mass is 10.1. The van der Waals surface area contributed by atoms with E-state index in [0.29, 0.717) is 12.1 Å². The quantitative estimate of drug-likeness (QED) is 0.816. The molecule has 0 saturated carbocycles. The number of rotatable bonds is 3. The Balaban J connectivity index is 2.40. The van der Waals surface area contributed by atoms with Crippen LogP contribution in [-0.2, 0) is 0 Å². The number of hydrogen-bond acceptors (Lipinski definition) is 1. The first-order chi connectivity index (χ1) is 7.33. The van der Waals surface area contributed by atoms with Crippen molar-refractivity contribution in [2.75, 3.05) is 6.54 Å². The zero-order valence-electron chi connectivity index (χ0n) is 8.31. The molecule has 1 atom stereocenters. The molecule has 1 aromatic heterocycles. The standard InChI is InChI=1S/C12H13FN2/c13-11-6-2-1-5-10(11)12(9-14)15-7-3-4-8-15/h1-8,12H,9,14H2. The first kappa shape index (κ1) is 9.93. The molecule has 0 bridgehead atoms. The van der Waals surface area contributed by atoms with Gasteiger partial charge in [-0.1, -0.05) is 18.2 Å². The monoisotopic (exact) mass is 204 g/mol. The van der Waals surface area contributed by atoms with Gasteiger partial charge in [0.05, 0.1) is 6.04 Å². The van der Waals surface area contributed by atoms with Gasteiger partial charge in [-0.05, 0) is 18.2 Å². The van der Waals surface area contributed by atoms with Crippen LogP contribution in [0, 0.1) is 5.82 Å². The molecule has 15 heavy (non-hydrogen) atoms. The predicted molar refractivity (Wildman–Crippen MR) is 58.0 cm³/mol. The molecule has 0 radical (unpaired) electrons. The first-order valence-corrected chi connectivity index (χ1v) is 4.90. The maximum atomic E-state index is 13.5. The fourth-order valence-electron chi connectivity index (χ4n) is 1.71. The van der Waals surface area contributed by atoms with E-state index in [2.05, 4.69) is 0 Å². The number of nitrogens with zero attached hydrogens (tertiary/aromatic N) is 1. The van der Waals surface area contributed by atoms with Crippen LogP contribution in [0.2, 0.25) is 0 Å². The Morgan fingerprint density at radius 3 is 2.40 bits per heavy atom. The SMILES string of the molecule is NCC(c1ccccc1F)n1cccc1. The van der Waals surface area contributed by atoms with E-state index in [1.54, 1.807) is 12.1 Å². The molecule has 78 valence electrons. The van der Waals surface area contributed by atoms with Crippen molar-refractivity contribution in [2.24, 2.45) is 5.73 Å². The highest BCUT2D eigenvalue weighted by atomic mass is 19.1. The fourth-order valence-corrected chi connectivity index (χ4v) is 1.71. The smallest absolute Gasteiger partial charge is 0.128 e. The largest absolute Gasteiger partial charge is 0.346 e. The van der Waals surface area contributed by atoms with Crippen LogP contribution in [0.4, 0.5) is 4.39 Å². The second-order valence-corrected chi connectivity index (χ2v) is 3.40. The van der Waals surface area contributed by atoms with E-state index < -0.39 is 0 Å². The first-order valence-electron chi connectivity index (χ1n) is 4.90. The van der Waals surface area contributed by atoms with E-state index in [1.165, 1.54) is 6.07 Å². The Kier molecular flexibility index (Phi) is 2.83. The molecule has 2 N–H and O–H groups in total. The Morgan fingerprint density at radius 1 is 1.13 bits per heavy atom. The van der Waals surface area contributed by atoms with E-state index in [0.717, 1.165) is 0 Å². The van der Waals surface area contributed by atoms with E-state index in [-0.39, 0.29) is 11.9 Å². The van der Waals surface area contributed by atoms with Crippen LogP contribution in [0.1, 0.15) is 11.6 Å². The number of halogens is 1. The maximum absolute atomic E-state index is 13.5. The molecule has 1 heterocycles. The Bertz CT molecular complexity index is 423. The summed E-state index contributed by atoms with van der Waals surface area (Å²) in [5, 5.41) is 0. The molecule has 2 rings (SSSR count). The van der Waals surface area contributed by atoms with Gasteiger partial charge in [-0.25, -0.2) is 4.39 Å². The molecule has 2 aromatic rings. The summed E-state index contributed by atoms with van der Waals surface area (Å²) < 4.78 is 15.5. The van der Waals surface area contributed by atoms with Crippen molar-refractivity contribution in [3.8, 4) is 0 Å². The fraction of sp³-hybridized carbons (Fsp3) is 0.167. The molecule has 1 aromatic carbocycles. The summed E-state index contributed by atoms with van der Waals surface area (Å²) >= 11 is 0. The van der Waals surface area contributed by atoms with Gasteiger partial charge in [-0.3, -0.25) is 0 Å². The number of nitrogens with two attached hydrogens (primary N) is 1. The van der Waals surface area contributed by atoms with Crippen LogP contribution < -0.4 is 5.73 Å². The van der Waals surface area contributed by atoms with Gasteiger partial charge in [-0.2, -0.15) is 0 Å². The minimum Gasteiger partial charge on any atom is -0.346 e. The van der Waals surface area contributed by atoms with Crippen LogP contribution in [0.25, 0.3) is 0 Å². The lowest BCUT2D eigenvalue weighted by Crippen LogP contribution is -2.20. The van der Waals surface area contributed by atoms with Crippen LogP contribution in [0.15, 0.2) is 48.8 Å². The lowest BCUT2D eigenvalue weighted by Gasteiger charge is -2.17. The van der Waals surface area contributed by atoms with E-state index in [4.69, 9.17) is 5.73 Å². The Hall–Kier alpha value is -1.61. The van der Waals surface area contributed by atoms with Crippen molar-refractivity contribution in [3.63, 3.8) is 0 Å². The number of hydrogen-bond donors (Lipinski definition) is 1. The van der Waals surface area contributed by atoms with Gasteiger partial charge in [0.1, 0.15) is 5.82 Å². The van der Waals surface area contributed by atoms with Gasteiger partial charge in [-0.15, -0.1) is 0 Å². The third-order valence-electron chi connectivity index (χ3n) is 2.47. The summed E-state index contributed by atoms with van der Waals surface area (Å²) in [6.07, 6.45) is 3.79. The Labute approximate surface area is 88.1 Å². The second-order valence-electron chi connectivity index (χ2n) is 3.40. The number of aromatic nitrogens is 1. The van der Waals surface area contributed by atoms with Gasteiger partial charge in [0.15, 0.2) is 0 Å². The molecule has 0 amide bonds. The summed E-state index contributed by atoms with van der Waals surface area (Å²) in [7, 11) is 0. The van der Waals surface area contributed by atoms with Gasteiger partial charge in [0, 0.05) is 24.5 Å². The number of benzene rings is 1. The highest BCUT2D eigenvalue weighted by Gasteiger charge is 2.14. The summed E-state index contributed by atoms with van der Waals surface area (Å²) in [6, 6.07) is 10.4. The van der Waals surface area contributed by atoms with E-state index in [1.807, 2.05) is 35.2 Å². The molecule has 0 aliphatic carbocycles. The average molecular weight is 204 g/mol. The summed E-state index contributed by atoms with van der Waals surface area (Å²) in [6.45, 7) is 0.385. The van der Waals surface area contributed by atoms with Gasteiger partial charge in [0.2, 0.25) is 0 Å². The predicted octanol–water partition coefficient (Wildman–Crippen LogP) is 2.18. The molecular weight excluding hydrogens is 191 g/mol. The normalized spacial score (nSPS) is 12.7. The van der Waals surface area contributed by atoms with E-state index in [9.17, 15) is 4.39 Å². The van der Waals surface area contributed by atoms with E-state index >= 15 is 0 Å². The molecule has 2 nitrogen and oxygen atoms in total. The molecule has 0 aliphatic rings. The van der Waals surface area contributed by atoms with Crippen molar-refractivity contribution in [1.29, 1.82) is 0 Å². The molecular formula is C12H13FN2. The molecule has 0 saturated heterocycles. The summed E-state index contributed by atoms with van der Waals surface area (Å²) in [4.78, 5) is 0. The van der Waals surface area contributed by atoms with Crippen LogP contribution in [0.3, 0.4) is 0 Å².